The summed E-state index contributed by atoms with van der Waals surface area (Å²) in [7, 11) is -2.07. The highest BCUT2D eigenvalue weighted by atomic mass is 32.2. The molecule has 0 atom stereocenters. The summed E-state index contributed by atoms with van der Waals surface area (Å²) in [4.78, 5) is 3.96. The van der Waals surface area contributed by atoms with Crippen LogP contribution in [0.5, 0.6) is 5.88 Å². The molecule has 0 spiro atoms. The van der Waals surface area contributed by atoms with E-state index >= 15 is 0 Å². The highest BCUT2D eigenvalue weighted by Gasteiger charge is 2.17. The lowest BCUT2D eigenvalue weighted by molar-refractivity contribution is 0.398. The maximum atomic E-state index is 12.3. The first-order chi connectivity index (χ1) is 10.0. The molecular weight excluding hydrogens is 310 g/mol. The van der Waals surface area contributed by atoms with E-state index in [0.717, 1.165) is 12.1 Å². The Balaban J connectivity index is 2.11. The number of nitrogens with one attached hydrogen (secondary N) is 2. The maximum absolute atomic E-state index is 12.3. The molecule has 8 heteroatoms. The predicted octanol–water partition coefficient (Wildman–Crippen LogP) is 2.06. The molecule has 2 N–H and O–H groups in total. The first kappa shape index (κ1) is 15.7. The summed E-state index contributed by atoms with van der Waals surface area (Å²) in [5.74, 6) is 0.432. The average Bonchev–Trinajstić information content (AvgIpc) is 2.95. The number of methoxy groups -OCH3 is 1. The quantitative estimate of drug-likeness (QED) is 0.814. The van der Waals surface area contributed by atoms with Crippen LogP contribution in [0.25, 0.3) is 0 Å². The Morgan fingerprint density at radius 1 is 1.38 bits per heavy atom. The van der Waals surface area contributed by atoms with E-state index < -0.39 is 10.0 Å². The Morgan fingerprint density at radius 2 is 2.19 bits per heavy atom. The molecule has 2 heterocycles. The molecule has 21 heavy (non-hydrogen) atoms. The average molecular weight is 327 g/mol. The monoisotopic (exact) mass is 327 g/mol. The molecule has 2 aromatic rings. The molecule has 0 unspecified atom stereocenters. The number of hydrogen-bond donors (Lipinski definition) is 2. The fourth-order valence-electron chi connectivity index (χ4n) is 1.62. The van der Waals surface area contributed by atoms with Gasteiger partial charge in [-0.3, -0.25) is 4.72 Å². The third-order valence-corrected chi connectivity index (χ3v) is 5.54. The molecule has 0 radical (unpaired) electrons. The lowest BCUT2D eigenvalue weighted by atomic mass is 10.3. The van der Waals surface area contributed by atoms with Gasteiger partial charge in [-0.25, -0.2) is 13.4 Å². The molecule has 0 fully saturated rings. The minimum atomic E-state index is -3.58. The van der Waals surface area contributed by atoms with E-state index in [0.29, 0.717) is 18.1 Å². The van der Waals surface area contributed by atoms with Crippen molar-refractivity contribution in [3.05, 3.63) is 35.3 Å². The zero-order chi connectivity index (χ0) is 15.3. The molecule has 0 bridgehead atoms. The van der Waals surface area contributed by atoms with E-state index in [1.165, 1.54) is 24.6 Å². The molecule has 114 valence electrons. The summed E-state index contributed by atoms with van der Waals surface area (Å²) >= 11 is 1.20. The Labute approximate surface area is 128 Å². The summed E-state index contributed by atoms with van der Waals surface area (Å²) in [5, 5.41) is 5.00. The first-order valence-corrected chi connectivity index (χ1v) is 8.72. The Kier molecular flexibility index (Phi) is 5.16. The van der Waals surface area contributed by atoms with Gasteiger partial charge in [0.05, 0.1) is 19.0 Å². The number of aromatic nitrogens is 1. The van der Waals surface area contributed by atoms with Gasteiger partial charge in [0.15, 0.2) is 0 Å². The van der Waals surface area contributed by atoms with Gasteiger partial charge >= 0.3 is 0 Å². The van der Waals surface area contributed by atoms with E-state index in [2.05, 4.69) is 15.0 Å². The summed E-state index contributed by atoms with van der Waals surface area (Å²) in [6.07, 6.45) is 1.42. The zero-order valence-corrected chi connectivity index (χ0v) is 13.4. The third-order valence-electron chi connectivity index (χ3n) is 2.67. The summed E-state index contributed by atoms with van der Waals surface area (Å²) in [5.41, 5.74) is 1.35. The number of anilines is 1. The van der Waals surface area contributed by atoms with Gasteiger partial charge in [-0.1, -0.05) is 6.92 Å². The van der Waals surface area contributed by atoms with Crippen LogP contribution < -0.4 is 14.8 Å². The standard InChI is InChI=1S/C13H17N3O3S2/c1-3-14-7-10-6-13(20-9-10)21(17,18)16-11-4-5-12(19-2)15-8-11/h4-6,8-9,14,16H,3,7H2,1-2H3. The molecular formula is C13H17N3O3S2. The molecule has 0 aliphatic heterocycles. The smallest absolute Gasteiger partial charge is 0.271 e. The van der Waals surface area contributed by atoms with E-state index in [1.807, 2.05) is 12.3 Å². The minimum Gasteiger partial charge on any atom is -0.481 e. The number of rotatable bonds is 7. The number of ether oxygens (including phenoxy) is 1. The second-order valence-electron chi connectivity index (χ2n) is 4.25. The van der Waals surface area contributed by atoms with Gasteiger partial charge < -0.3 is 10.1 Å². The van der Waals surface area contributed by atoms with E-state index in [1.54, 1.807) is 18.2 Å². The Hall–Kier alpha value is -1.64. The molecule has 2 rings (SSSR count). The van der Waals surface area contributed by atoms with Gasteiger partial charge in [0.25, 0.3) is 10.0 Å². The summed E-state index contributed by atoms with van der Waals surface area (Å²) in [6.45, 7) is 3.50. The van der Waals surface area contributed by atoms with Crippen LogP contribution >= 0.6 is 11.3 Å². The molecule has 0 saturated carbocycles. The number of sulfonamides is 1. The van der Waals surface area contributed by atoms with Crippen molar-refractivity contribution in [2.24, 2.45) is 0 Å². The lowest BCUT2D eigenvalue weighted by Crippen LogP contribution is -2.12. The fraction of sp³-hybridized carbons (Fsp3) is 0.308. The van der Waals surface area contributed by atoms with Crippen LogP contribution in [0.2, 0.25) is 0 Å². The number of thiophene rings is 1. The van der Waals surface area contributed by atoms with Crippen molar-refractivity contribution in [3.8, 4) is 5.88 Å². The van der Waals surface area contributed by atoms with Gasteiger partial charge in [0.1, 0.15) is 4.21 Å². The fourth-order valence-corrected chi connectivity index (χ4v) is 3.88. The second-order valence-corrected chi connectivity index (χ2v) is 7.07. The van der Waals surface area contributed by atoms with E-state index in [9.17, 15) is 8.42 Å². The summed E-state index contributed by atoms with van der Waals surface area (Å²) in [6, 6.07) is 4.88. The highest BCUT2D eigenvalue weighted by molar-refractivity contribution is 7.94. The van der Waals surface area contributed by atoms with Crippen molar-refractivity contribution >= 4 is 27.0 Å². The lowest BCUT2D eigenvalue weighted by Gasteiger charge is -2.06. The molecule has 0 saturated heterocycles. The molecule has 6 nitrogen and oxygen atoms in total. The van der Waals surface area contributed by atoms with Gasteiger partial charge in [-0.2, -0.15) is 0 Å². The summed E-state index contributed by atoms with van der Waals surface area (Å²) < 4.78 is 32.2. The van der Waals surface area contributed by atoms with Crippen LogP contribution in [0.1, 0.15) is 12.5 Å². The van der Waals surface area contributed by atoms with Crippen LogP contribution in [-0.4, -0.2) is 27.1 Å². The normalized spacial score (nSPS) is 11.3. The highest BCUT2D eigenvalue weighted by Crippen LogP contribution is 2.23. The van der Waals surface area contributed by atoms with Gasteiger partial charge in [0.2, 0.25) is 5.88 Å². The number of hydrogen-bond acceptors (Lipinski definition) is 6. The van der Waals surface area contributed by atoms with Crippen LogP contribution in [-0.2, 0) is 16.6 Å². The molecule has 0 aromatic carbocycles. The van der Waals surface area contributed by atoms with Crippen LogP contribution in [0.4, 0.5) is 5.69 Å². The van der Waals surface area contributed by atoms with Gasteiger partial charge in [-0.05, 0) is 29.6 Å². The van der Waals surface area contributed by atoms with Crippen molar-refractivity contribution in [2.45, 2.75) is 17.7 Å². The van der Waals surface area contributed by atoms with Crippen molar-refractivity contribution in [3.63, 3.8) is 0 Å². The van der Waals surface area contributed by atoms with Crippen LogP contribution in [0.3, 0.4) is 0 Å². The molecule has 0 amide bonds. The zero-order valence-electron chi connectivity index (χ0n) is 11.8. The maximum Gasteiger partial charge on any atom is 0.271 e. The number of pyridine rings is 1. The molecule has 0 aliphatic rings. The van der Waals surface area contributed by atoms with Crippen molar-refractivity contribution in [1.82, 2.24) is 10.3 Å². The number of nitrogens with zero attached hydrogens (tertiary/aromatic N) is 1. The van der Waals surface area contributed by atoms with Gasteiger partial charge in [-0.15, -0.1) is 11.3 Å². The van der Waals surface area contributed by atoms with Crippen molar-refractivity contribution < 1.29 is 13.2 Å². The van der Waals surface area contributed by atoms with Gasteiger partial charge in [0, 0.05) is 12.6 Å². The molecule has 0 aliphatic carbocycles. The molecule has 2 aromatic heterocycles. The van der Waals surface area contributed by atoms with E-state index in [-0.39, 0.29) is 4.21 Å². The SMILES string of the molecule is CCNCc1csc(S(=O)(=O)Nc2ccc(OC)nc2)c1. The minimum absolute atomic E-state index is 0.284. The Morgan fingerprint density at radius 3 is 2.81 bits per heavy atom. The van der Waals surface area contributed by atoms with E-state index in [4.69, 9.17) is 4.74 Å². The Bertz CT molecular complexity index is 681. The van der Waals surface area contributed by atoms with Crippen molar-refractivity contribution in [2.75, 3.05) is 18.4 Å². The third kappa shape index (κ3) is 4.16. The van der Waals surface area contributed by atoms with Crippen molar-refractivity contribution in [1.29, 1.82) is 0 Å². The largest absolute Gasteiger partial charge is 0.481 e. The van der Waals surface area contributed by atoms with Crippen LogP contribution in [0.15, 0.2) is 34.0 Å². The second kappa shape index (κ2) is 6.88. The first-order valence-electron chi connectivity index (χ1n) is 6.36. The predicted molar refractivity (Wildman–Crippen MR) is 83.3 cm³/mol. The van der Waals surface area contributed by atoms with Crippen LogP contribution in [0, 0.1) is 0 Å². The topological polar surface area (TPSA) is 80.3 Å².